The van der Waals surface area contributed by atoms with E-state index >= 15 is 0 Å². The molecule has 0 bridgehead atoms. The monoisotopic (exact) mass is 466 g/mol. The van der Waals surface area contributed by atoms with Crippen LogP contribution in [0.5, 0.6) is 0 Å². The van der Waals surface area contributed by atoms with Gasteiger partial charge in [0.05, 0.1) is 0 Å². The molecular weight excluding hydrogens is 450 g/mol. The molecule has 0 radical (unpaired) electrons. The van der Waals surface area contributed by atoms with E-state index in [4.69, 9.17) is 21.1 Å². The zero-order valence-corrected chi connectivity index (χ0v) is 17.9. The number of amides is 1. The van der Waals surface area contributed by atoms with Crippen molar-refractivity contribution in [1.82, 2.24) is 4.90 Å². The van der Waals surface area contributed by atoms with E-state index in [0.29, 0.717) is 5.02 Å². The molecule has 8 heteroatoms. The van der Waals surface area contributed by atoms with Gasteiger partial charge in [-0.15, -0.1) is 0 Å². The van der Waals surface area contributed by atoms with Crippen molar-refractivity contribution >= 4 is 29.5 Å². The lowest BCUT2D eigenvalue weighted by Gasteiger charge is -2.15. The van der Waals surface area contributed by atoms with Crippen molar-refractivity contribution in [3.63, 3.8) is 0 Å². The molecule has 1 atom stereocenters. The van der Waals surface area contributed by atoms with Gasteiger partial charge in [0.25, 0.3) is 5.91 Å². The van der Waals surface area contributed by atoms with Crippen molar-refractivity contribution in [3.05, 3.63) is 100 Å². The Hall–Kier alpha value is -3.71. The fourth-order valence-corrected chi connectivity index (χ4v) is 3.78. The number of rotatable bonds is 4. The number of nitrogens with zero attached hydrogens (tertiary/aromatic N) is 2. The molecule has 0 aliphatic carbocycles. The Labute approximate surface area is 193 Å². The molecule has 2 heterocycles. The van der Waals surface area contributed by atoms with E-state index in [1.807, 2.05) is 48.5 Å². The van der Waals surface area contributed by atoms with Gasteiger partial charge in [0, 0.05) is 5.02 Å². The molecule has 1 fully saturated rings. The van der Waals surface area contributed by atoms with Crippen LogP contribution in [0.4, 0.5) is 8.78 Å². The molecule has 0 aromatic heterocycles. The van der Waals surface area contributed by atoms with Gasteiger partial charge in [-0.25, -0.2) is 13.8 Å². The summed E-state index contributed by atoms with van der Waals surface area (Å²) < 4.78 is 39.0. The molecule has 3 aromatic rings. The summed E-state index contributed by atoms with van der Waals surface area (Å²) in [5.41, 5.74) is 2.49. The Balaban J connectivity index is 1.31. The summed E-state index contributed by atoms with van der Waals surface area (Å²) in [4.78, 5) is 18.4. The van der Waals surface area contributed by atoms with Crippen LogP contribution in [0.15, 0.2) is 77.5 Å². The molecule has 5 rings (SSSR count). The first-order valence-corrected chi connectivity index (χ1v) is 10.5. The third kappa shape index (κ3) is 4.19. The largest absolute Gasteiger partial charge is 0.473 e. The van der Waals surface area contributed by atoms with Gasteiger partial charge in [0.2, 0.25) is 5.90 Å². The molecule has 5 nitrogen and oxygen atoms in total. The number of halogens is 3. The zero-order valence-electron chi connectivity index (χ0n) is 17.2. The molecule has 0 N–H and O–H groups in total. The van der Waals surface area contributed by atoms with Crippen molar-refractivity contribution < 1.29 is 23.0 Å². The van der Waals surface area contributed by atoms with Crippen LogP contribution in [-0.2, 0) is 14.3 Å². The average molecular weight is 467 g/mol. The van der Waals surface area contributed by atoms with E-state index in [-0.39, 0.29) is 36.5 Å². The van der Waals surface area contributed by atoms with Crippen LogP contribution in [-0.4, -0.2) is 36.2 Å². The Kier molecular flexibility index (Phi) is 5.56. The standard InChI is InChI=1S/C25H17ClF2N2O3/c26-18-10-8-17(9-11-18)16-6-4-15(5-7-16)12-21-25(31)30(14-33-21)22-13-32-24(29-22)23-19(27)2-1-3-20(23)28/h1-12,22H,13-14H2/b21-12-. The molecule has 0 saturated carbocycles. The van der Waals surface area contributed by atoms with Crippen LogP contribution in [0.25, 0.3) is 17.2 Å². The highest BCUT2D eigenvalue weighted by molar-refractivity contribution is 6.30. The Morgan fingerprint density at radius 2 is 1.58 bits per heavy atom. The topological polar surface area (TPSA) is 51.1 Å². The molecule has 3 aromatic carbocycles. The highest BCUT2D eigenvalue weighted by Gasteiger charge is 2.37. The maximum Gasteiger partial charge on any atom is 0.293 e. The van der Waals surface area contributed by atoms with Gasteiger partial charge in [0.15, 0.2) is 18.7 Å². The first-order chi connectivity index (χ1) is 16.0. The van der Waals surface area contributed by atoms with Crippen LogP contribution in [0.2, 0.25) is 5.02 Å². The predicted molar refractivity (Wildman–Crippen MR) is 120 cm³/mol. The van der Waals surface area contributed by atoms with Crippen LogP contribution >= 0.6 is 11.6 Å². The third-order valence-corrected chi connectivity index (χ3v) is 5.64. The van der Waals surface area contributed by atoms with Crippen molar-refractivity contribution in [1.29, 1.82) is 0 Å². The maximum absolute atomic E-state index is 14.0. The van der Waals surface area contributed by atoms with Gasteiger partial charge in [-0.1, -0.05) is 54.1 Å². The minimum Gasteiger partial charge on any atom is -0.473 e. The van der Waals surface area contributed by atoms with E-state index in [0.717, 1.165) is 28.8 Å². The van der Waals surface area contributed by atoms with Gasteiger partial charge in [-0.3, -0.25) is 9.69 Å². The van der Waals surface area contributed by atoms with Gasteiger partial charge in [0.1, 0.15) is 23.8 Å². The predicted octanol–water partition coefficient (Wildman–Crippen LogP) is 5.25. The molecule has 2 aliphatic rings. The molecule has 0 spiro atoms. The second-order valence-electron chi connectivity index (χ2n) is 7.51. The molecule has 33 heavy (non-hydrogen) atoms. The fourth-order valence-electron chi connectivity index (χ4n) is 3.65. The van der Waals surface area contributed by atoms with Crippen molar-refractivity contribution in [2.75, 3.05) is 13.3 Å². The van der Waals surface area contributed by atoms with Crippen LogP contribution in [0.3, 0.4) is 0 Å². The van der Waals surface area contributed by atoms with Gasteiger partial charge in [-0.2, -0.15) is 0 Å². The first-order valence-electron chi connectivity index (χ1n) is 10.2. The maximum atomic E-state index is 14.0. The SMILES string of the molecule is O=C1/C(=C/c2ccc(-c3ccc(Cl)cc3)cc2)OCN1C1COC(c2c(F)cccc2F)=N1. The molecule has 2 aliphatic heterocycles. The fraction of sp³-hybridized carbons (Fsp3) is 0.120. The second kappa shape index (κ2) is 8.67. The lowest BCUT2D eigenvalue weighted by atomic mass is 10.0. The summed E-state index contributed by atoms with van der Waals surface area (Å²) in [5, 5.41) is 0.671. The van der Waals surface area contributed by atoms with Crippen LogP contribution in [0, 0.1) is 11.6 Å². The number of carbonyl (C=O) groups is 1. The summed E-state index contributed by atoms with van der Waals surface area (Å²) in [5.74, 6) is -1.93. The van der Waals surface area contributed by atoms with Crippen molar-refractivity contribution in [2.45, 2.75) is 6.17 Å². The number of aliphatic imine (C=N–C) groups is 1. The van der Waals surface area contributed by atoms with Crippen LogP contribution < -0.4 is 0 Å². The zero-order chi connectivity index (χ0) is 22.9. The summed E-state index contributed by atoms with van der Waals surface area (Å²) in [6, 6.07) is 18.7. The second-order valence-corrected chi connectivity index (χ2v) is 7.94. The highest BCUT2D eigenvalue weighted by atomic mass is 35.5. The number of ether oxygens (including phenoxy) is 2. The number of hydrogen-bond acceptors (Lipinski definition) is 4. The summed E-state index contributed by atoms with van der Waals surface area (Å²) >= 11 is 5.94. The molecule has 1 unspecified atom stereocenters. The van der Waals surface area contributed by atoms with E-state index in [2.05, 4.69) is 4.99 Å². The van der Waals surface area contributed by atoms with Crippen LogP contribution in [0.1, 0.15) is 11.1 Å². The Morgan fingerprint density at radius 1 is 0.939 bits per heavy atom. The lowest BCUT2D eigenvalue weighted by Crippen LogP contribution is -2.36. The quantitative estimate of drug-likeness (QED) is 0.494. The summed E-state index contributed by atoms with van der Waals surface area (Å²) in [6.07, 6.45) is 0.912. The Morgan fingerprint density at radius 3 is 2.24 bits per heavy atom. The minimum atomic E-state index is -0.777. The number of benzene rings is 3. The lowest BCUT2D eigenvalue weighted by molar-refractivity contribution is -0.126. The molecule has 166 valence electrons. The number of hydrogen-bond donors (Lipinski definition) is 0. The smallest absolute Gasteiger partial charge is 0.293 e. The van der Waals surface area contributed by atoms with Crippen molar-refractivity contribution in [3.8, 4) is 11.1 Å². The van der Waals surface area contributed by atoms with E-state index in [1.165, 1.54) is 11.0 Å². The summed E-state index contributed by atoms with van der Waals surface area (Å²) in [7, 11) is 0. The molecule has 1 amide bonds. The molecule has 1 saturated heterocycles. The summed E-state index contributed by atoms with van der Waals surface area (Å²) in [6.45, 7) is -0.0423. The Bertz CT molecular complexity index is 1250. The third-order valence-electron chi connectivity index (χ3n) is 5.39. The van der Waals surface area contributed by atoms with E-state index in [9.17, 15) is 13.6 Å². The normalized spacial score (nSPS) is 18.9. The molecular formula is C25H17ClF2N2O3. The van der Waals surface area contributed by atoms with Gasteiger partial charge < -0.3 is 9.47 Å². The van der Waals surface area contributed by atoms with Crippen molar-refractivity contribution in [2.24, 2.45) is 4.99 Å². The van der Waals surface area contributed by atoms with E-state index < -0.39 is 17.8 Å². The van der Waals surface area contributed by atoms with E-state index in [1.54, 1.807) is 6.08 Å². The first kappa shape index (κ1) is 21.2. The minimum absolute atomic E-state index is 0.0126. The number of carbonyl (C=O) groups excluding carboxylic acids is 1. The van der Waals surface area contributed by atoms with Gasteiger partial charge >= 0.3 is 0 Å². The van der Waals surface area contributed by atoms with Gasteiger partial charge in [-0.05, 0) is 47.0 Å². The highest BCUT2D eigenvalue weighted by Crippen LogP contribution is 2.26. The average Bonchev–Trinajstić information content (AvgIpc) is 3.42.